The zero-order valence-electron chi connectivity index (χ0n) is 25.1. The van der Waals surface area contributed by atoms with Gasteiger partial charge in [0, 0.05) is 18.8 Å². The molecule has 4 aliphatic rings. The van der Waals surface area contributed by atoms with Gasteiger partial charge in [-0.05, 0) is 114 Å². The van der Waals surface area contributed by atoms with Crippen LogP contribution < -0.4 is 0 Å². The Morgan fingerprint density at radius 3 is 2.50 bits per heavy atom. The number of ether oxygens (including phenoxy) is 2. The van der Waals surface area contributed by atoms with Crippen molar-refractivity contribution in [2.24, 2.45) is 40.4 Å². The largest absolute Gasteiger partial charge is 0.469 e. The molecule has 0 aromatic heterocycles. The molecule has 4 aliphatic carbocycles. The molecule has 6 nitrogen and oxygen atoms in total. The molecule has 0 radical (unpaired) electrons. The highest BCUT2D eigenvalue weighted by molar-refractivity contribution is 5.69. The van der Waals surface area contributed by atoms with E-state index in [1.165, 1.54) is 39.7 Å². The summed E-state index contributed by atoms with van der Waals surface area (Å²) in [6.07, 6.45) is 12.6. The first-order chi connectivity index (χ1) is 17.8. The number of hydrogen-bond acceptors (Lipinski definition) is 6. The number of hydrogen-bond donors (Lipinski definition) is 0. The quantitative estimate of drug-likeness (QED) is 0.142. The Balaban J connectivity index is 1.62. The lowest BCUT2D eigenvalue weighted by molar-refractivity contribution is -0.385. The summed E-state index contributed by atoms with van der Waals surface area (Å²) in [5, 5.41) is 0. The van der Waals surface area contributed by atoms with Crippen LogP contribution in [0.4, 0.5) is 0 Å². The lowest BCUT2D eigenvalue weighted by Crippen LogP contribution is -2.54. The third-order valence-corrected chi connectivity index (χ3v) is 10.8. The van der Waals surface area contributed by atoms with Gasteiger partial charge in [0.25, 0.3) is 0 Å². The maximum atomic E-state index is 11.7. The highest BCUT2D eigenvalue weighted by atomic mass is 17.2. The van der Waals surface area contributed by atoms with Crippen molar-refractivity contribution in [1.29, 1.82) is 0 Å². The molecule has 4 rings (SSSR count). The van der Waals surface area contributed by atoms with Gasteiger partial charge in [0.1, 0.15) is 12.2 Å². The smallest absolute Gasteiger partial charge is 0.305 e. The lowest BCUT2D eigenvalue weighted by Gasteiger charge is -2.58. The Hall–Kier alpha value is -1.40. The van der Waals surface area contributed by atoms with Crippen molar-refractivity contribution in [3.63, 3.8) is 0 Å². The first-order valence-corrected chi connectivity index (χ1v) is 15.1. The minimum Gasteiger partial charge on any atom is -0.469 e. The van der Waals surface area contributed by atoms with Crippen molar-refractivity contribution >= 4 is 11.9 Å². The molecule has 0 aromatic rings. The number of methoxy groups -OCH3 is 1. The Morgan fingerprint density at radius 1 is 1.11 bits per heavy atom. The van der Waals surface area contributed by atoms with E-state index in [0.29, 0.717) is 36.0 Å². The van der Waals surface area contributed by atoms with E-state index in [1.54, 1.807) is 5.57 Å². The van der Waals surface area contributed by atoms with Gasteiger partial charge < -0.3 is 9.47 Å². The SMILES string of the molecule is COC(=O)CCC[C@@H](C)[C@H]1CC[C@H]2[C@@H]3CC[C@@H]4C[C@H](OC(C)=O)CC[C@]4(C)C3=CC(OOC(C)(C)C)[C@]12C. The molecule has 0 bridgehead atoms. The van der Waals surface area contributed by atoms with Gasteiger partial charge in [-0.1, -0.05) is 32.4 Å². The van der Waals surface area contributed by atoms with Crippen LogP contribution in [-0.2, 0) is 28.8 Å². The van der Waals surface area contributed by atoms with Gasteiger partial charge in [-0.3, -0.25) is 9.59 Å². The highest BCUT2D eigenvalue weighted by Crippen LogP contribution is 2.67. The van der Waals surface area contributed by atoms with Gasteiger partial charge in [-0.15, -0.1) is 0 Å². The molecular weight excluding hydrogens is 480 g/mol. The Kier molecular flexibility index (Phi) is 8.74. The van der Waals surface area contributed by atoms with Crippen molar-refractivity contribution in [3.8, 4) is 0 Å². The molecule has 0 spiro atoms. The number of esters is 2. The van der Waals surface area contributed by atoms with E-state index in [2.05, 4.69) is 26.8 Å². The van der Waals surface area contributed by atoms with Gasteiger partial charge in [0.15, 0.2) is 0 Å². The second-order valence-electron chi connectivity index (χ2n) is 14.2. The standard InChI is InChI=1S/C32H52O6/c1-20(10-9-11-29(34)35-8)25-14-15-26-24-13-12-22-18-23(36-21(2)33)16-17-31(22,6)27(24)19-28(32(25,26)7)37-38-30(3,4)5/h19-20,22-26,28H,9-18H2,1-8H3/t20-,22-,23-,24+,25-,26+,28?,31+,32-/m1/s1. The van der Waals surface area contributed by atoms with Crippen LogP contribution in [0.25, 0.3) is 0 Å². The van der Waals surface area contributed by atoms with Gasteiger partial charge in [-0.2, -0.15) is 0 Å². The van der Waals surface area contributed by atoms with Crippen LogP contribution >= 0.6 is 0 Å². The molecule has 0 heterocycles. The molecule has 0 aromatic carbocycles. The maximum absolute atomic E-state index is 11.7. The van der Waals surface area contributed by atoms with Gasteiger partial charge in [0.05, 0.1) is 12.7 Å². The van der Waals surface area contributed by atoms with Gasteiger partial charge in [0.2, 0.25) is 0 Å². The summed E-state index contributed by atoms with van der Waals surface area (Å²) < 4.78 is 10.5. The molecule has 0 N–H and O–H groups in total. The first-order valence-electron chi connectivity index (χ1n) is 15.1. The van der Waals surface area contributed by atoms with Crippen molar-refractivity contribution < 1.29 is 28.8 Å². The van der Waals surface area contributed by atoms with E-state index in [1.807, 2.05) is 20.8 Å². The molecule has 3 fully saturated rings. The van der Waals surface area contributed by atoms with Gasteiger partial charge >= 0.3 is 11.9 Å². The Morgan fingerprint density at radius 2 is 1.84 bits per heavy atom. The van der Waals surface area contributed by atoms with Crippen LogP contribution in [0.1, 0.15) is 113 Å². The first kappa shape index (κ1) is 29.6. The van der Waals surface area contributed by atoms with Crippen molar-refractivity contribution in [3.05, 3.63) is 11.6 Å². The average Bonchev–Trinajstić information content (AvgIpc) is 3.20. The number of fused-ring (bicyclic) bond motifs is 5. The fourth-order valence-corrected chi connectivity index (χ4v) is 8.96. The summed E-state index contributed by atoms with van der Waals surface area (Å²) in [4.78, 5) is 35.8. The predicted octanol–water partition coefficient (Wildman–Crippen LogP) is 7.20. The summed E-state index contributed by atoms with van der Waals surface area (Å²) in [5.41, 5.74) is 1.30. The normalized spacial score (nSPS) is 39.3. The van der Waals surface area contributed by atoms with Crippen LogP contribution in [0.15, 0.2) is 11.6 Å². The maximum Gasteiger partial charge on any atom is 0.305 e. The zero-order chi connectivity index (χ0) is 27.9. The average molecular weight is 533 g/mol. The number of carbonyl (C=O) groups excluding carboxylic acids is 2. The Labute approximate surface area is 230 Å². The van der Waals surface area contributed by atoms with Crippen LogP contribution in [0, 0.1) is 40.4 Å². The van der Waals surface area contributed by atoms with Gasteiger partial charge in [-0.25, -0.2) is 9.78 Å². The molecule has 0 amide bonds. The molecule has 38 heavy (non-hydrogen) atoms. The summed E-state index contributed by atoms with van der Waals surface area (Å²) in [7, 11) is 1.47. The van der Waals surface area contributed by atoms with E-state index in [-0.39, 0.29) is 40.6 Å². The highest BCUT2D eigenvalue weighted by Gasteiger charge is 2.62. The fraction of sp³-hybridized carbons (Fsp3) is 0.875. The summed E-state index contributed by atoms with van der Waals surface area (Å²) in [6.45, 7) is 14.9. The third kappa shape index (κ3) is 5.73. The molecular formula is C32H52O6. The third-order valence-electron chi connectivity index (χ3n) is 10.8. The van der Waals surface area contributed by atoms with Crippen LogP contribution in [0.2, 0.25) is 0 Å². The summed E-state index contributed by atoms with van der Waals surface area (Å²) >= 11 is 0. The van der Waals surface area contributed by atoms with Crippen molar-refractivity contribution in [1.82, 2.24) is 0 Å². The van der Waals surface area contributed by atoms with E-state index < -0.39 is 0 Å². The molecule has 6 heteroatoms. The predicted molar refractivity (Wildman–Crippen MR) is 147 cm³/mol. The number of allylic oxidation sites excluding steroid dienone is 1. The Bertz CT molecular complexity index is 904. The minimum absolute atomic E-state index is 0.0117. The molecule has 0 aliphatic heterocycles. The molecule has 1 unspecified atom stereocenters. The minimum atomic E-state index is -0.386. The second kappa shape index (κ2) is 11.2. The van der Waals surface area contributed by atoms with Crippen LogP contribution in [0.3, 0.4) is 0 Å². The summed E-state index contributed by atoms with van der Waals surface area (Å²) in [6, 6.07) is 0. The molecule has 9 atom stereocenters. The van der Waals surface area contributed by atoms with E-state index in [4.69, 9.17) is 19.2 Å². The van der Waals surface area contributed by atoms with Crippen LogP contribution in [-0.4, -0.2) is 36.9 Å². The molecule has 3 saturated carbocycles. The van der Waals surface area contributed by atoms with Crippen LogP contribution in [0.5, 0.6) is 0 Å². The van der Waals surface area contributed by atoms with Crippen molar-refractivity contribution in [2.45, 2.75) is 130 Å². The lowest BCUT2D eigenvalue weighted by atomic mass is 9.47. The molecule has 216 valence electrons. The topological polar surface area (TPSA) is 71.1 Å². The second-order valence-corrected chi connectivity index (χ2v) is 14.2. The van der Waals surface area contributed by atoms with Crippen molar-refractivity contribution in [2.75, 3.05) is 7.11 Å². The van der Waals surface area contributed by atoms with E-state index in [9.17, 15) is 9.59 Å². The molecule has 0 saturated heterocycles. The zero-order valence-corrected chi connectivity index (χ0v) is 25.1. The summed E-state index contributed by atoms with van der Waals surface area (Å²) in [5.74, 6) is 2.40. The van der Waals surface area contributed by atoms with E-state index >= 15 is 0 Å². The monoisotopic (exact) mass is 532 g/mol. The number of rotatable bonds is 8. The van der Waals surface area contributed by atoms with E-state index in [0.717, 1.165) is 32.1 Å². The number of carbonyl (C=O) groups is 2. The fourth-order valence-electron chi connectivity index (χ4n) is 8.96.